The van der Waals surface area contributed by atoms with Crippen molar-refractivity contribution in [2.75, 3.05) is 16.9 Å². The third kappa shape index (κ3) is 4.74. The molecule has 0 saturated heterocycles. The number of hydrogen-bond donors (Lipinski definition) is 2. The molecule has 3 aromatic rings. The number of anilines is 1. The summed E-state index contributed by atoms with van der Waals surface area (Å²) in [5, 5.41) is 12.4. The van der Waals surface area contributed by atoms with E-state index in [1.54, 1.807) is 18.2 Å². The van der Waals surface area contributed by atoms with E-state index in [9.17, 15) is 4.79 Å². The number of halogens is 2. The van der Waals surface area contributed by atoms with Gasteiger partial charge in [0, 0.05) is 16.3 Å². The highest BCUT2D eigenvalue weighted by molar-refractivity contribution is 7.99. The summed E-state index contributed by atoms with van der Waals surface area (Å²) in [4.78, 5) is 12.2. The van der Waals surface area contributed by atoms with Crippen molar-refractivity contribution in [3.63, 3.8) is 0 Å². The Hall–Kier alpha value is -2.22. The molecule has 0 aliphatic heterocycles. The van der Waals surface area contributed by atoms with E-state index in [0.29, 0.717) is 26.6 Å². The lowest BCUT2D eigenvalue weighted by Crippen LogP contribution is -2.16. The first kappa shape index (κ1) is 19.5. The van der Waals surface area contributed by atoms with E-state index >= 15 is 0 Å². The topological polar surface area (TPSA) is 85.8 Å². The summed E-state index contributed by atoms with van der Waals surface area (Å²) in [5.74, 6) is 6.43. The van der Waals surface area contributed by atoms with Crippen LogP contribution < -0.4 is 11.2 Å². The van der Waals surface area contributed by atoms with E-state index in [4.69, 9.17) is 29.0 Å². The Kier molecular flexibility index (Phi) is 5.94. The summed E-state index contributed by atoms with van der Waals surface area (Å²) in [6, 6.07) is 10.9. The highest BCUT2D eigenvalue weighted by atomic mass is 35.5. The fourth-order valence-electron chi connectivity index (χ4n) is 2.60. The molecule has 1 aromatic heterocycles. The monoisotopic (exact) mass is 421 g/mol. The van der Waals surface area contributed by atoms with E-state index in [1.165, 1.54) is 16.4 Å². The molecule has 1 amide bonds. The second-order valence-electron chi connectivity index (χ2n) is 6.01. The largest absolute Gasteiger partial charge is 0.335 e. The van der Waals surface area contributed by atoms with Crippen molar-refractivity contribution < 1.29 is 4.79 Å². The minimum absolute atomic E-state index is 0.144. The number of thioether (sulfide) groups is 1. The molecule has 2 aromatic carbocycles. The summed E-state index contributed by atoms with van der Waals surface area (Å²) in [5.41, 5.74) is 3.51. The number of rotatable bonds is 5. The van der Waals surface area contributed by atoms with Gasteiger partial charge in [0.25, 0.3) is 0 Å². The van der Waals surface area contributed by atoms with Crippen molar-refractivity contribution in [1.82, 2.24) is 14.9 Å². The SMILES string of the molecule is Cc1cc(C)cc(NC(=O)CSc2nnc(-c3cc(Cl)ccc3Cl)n2N)c1. The lowest BCUT2D eigenvalue weighted by Gasteiger charge is -2.08. The fraction of sp³-hybridized carbons (Fsp3) is 0.167. The standard InChI is InChI=1S/C18H17Cl2N5OS/c1-10-5-11(2)7-13(6-10)22-16(26)9-27-18-24-23-17(25(18)21)14-8-12(19)3-4-15(14)20/h3-8H,9,21H2,1-2H3,(H,22,26). The number of carbonyl (C=O) groups is 1. The van der Waals surface area contributed by atoms with Crippen LogP contribution in [0.25, 0.3) is 11.4 Å². The average Bonchev–Trinajstić information content (AvgIpc) is 2.95. The van der Waals surface area contributed by atoms with Crippen molar-refractivity contribution in [2.45, 2.75) is 19.0 Å². The molecule has 0 aliphatic carbocycles. The van der Waals surface area contributed by atoms with Crippen LogP contribution in [0.3, 0.4) is 0 Å². The molecule has 0 atom stereocenters. The number of aromatic nitrogens is 3. The first-order chi connectivity index (χ1) is 12.8. The van der Waals surface area contributed by atoms with Crippen LogP contribution in [0.1, 0.15) is 11.1 Å². The Morgan fingerprint density at radius 3 is 2.56 bits per heavy atom. The molecule has 0 bridgehead atoms. The van der Waals surface area contributed by atoms with Crippen LogP contribution in [0.2, 0.25) is 10.0 Å². The van der Waals surface area contributed by atoms with Gasteiger partial charge in [-0.25, -0.2) is 4.68 Å². The zero-order valence-electron chi connectivity index (χ0n) is 14.7. The Bertz CT molecular complexity index is 985. The highest BCUT2D eigenvalue weighted by Gasteiger charge is 2.16. The van der Waals surface area contributed by atoms with Gasteiger partial charge < -0.3 is 11.2 Å². The summed E-state index contributed by atoms with van der Waals surface area (Å²) < 4.78 is 1.30. The van der Waals surface area contributed by atoms with Gasteiger partial charge in [-0.2, -0.15) is 0 Å². The maximum absolute atomic E-state index is 12.2. The van der Waals surface area contributed by atoms with Crippen LogP contribution in [0.4, 0.5) is 5.69 Å². The number of carbonyl (C=O) groups excluding carboxylic acids is 1. The van der Waals surface area contributed by atoms with Gasteiger partial charge in [-0.3, -0.25) is 4.79 Å². The number of benzene rings is 2. The third-order valence-corrected chi connectivity index (χ3v) is 5.18. The lowest BCUT2D eigenvalue weighted by molar-refractivity contribution is -0.113. The average molecular weight is 422 g/mol. The lowest BCUT2D eigenvalue weighted by atomic mass is 10.1. The number of nitrogen functional groups attached to an aromatic ring is 1. The van der Waals surface area contributed by atoms with E-state index in [-0.39, 0.29) is 11.7 Å². The summed E-state index contributed by atoms with van der Waals surface area (Å²) in [6.45, 7) is 3.97. The van der Waals surface area contributed by atoms with Crippen LogP contribution in [0.5, 0.6) is 0 Å². The Morgan fingerprint density at radius 2 is 1.85 bits per heavy atom. The van der Waals surface area contributed by atoms with Crippen molar-refractivity contribution in [1.29, 1.82) is 0 Å². The molecule has 9 heteroatoms. The molecule has 0 radical (unpaired) electrons. The number of amides is 1. The van der Waals surface area contributed by atoms with Crippen molar-refractivity contribution >= 4 is 46.6 Å². The number of nitrogens with one attached hydrogen (secondary N) is 1. The van der Waals surface area contributed by atoms with Gasteiger partial charge >= 0.3 is 0 Å². The van der Waals surface area contributed by atoms with Gasteiger partial charge in [-0.1, -0.05) is 41.0 Å². The molecule has 27 heavy (non-hydrogen) atoms. The fourth-order valence-corrected chi connectivity index (χ4v) is 3.63. The Morgan fingerprint density at radius 1 is 1.15 bits per heavy atom. The molecular weight excluding hydrogens is 405 g/mol. The maximum atomic E-state index is 12.2. The van der Waals surface area contributed by atoms with E-state index in [1.807, 2.05) is 32.0 Å². The molecular formula is C18H17Cl2N5OS. The molecule has 6 nitrogen and oxygen atoms in total. The predicted molar refractivity (Wildman–Crippen MR) is 111 cm³/mol. The molecule has 3 N–H and O–H groups in total. The second-order valence-corrected chi connectivity index (χ2v) is 7.80. The number of hydrogen-bond acceptors (Lipinski definition) is 5. The smallest absolute Gasteiger partial charge is 0.234 e. The zero-order chi connectivity index (χ0) is 19.6. The van der Waals surface area contributed by atoms with E-state index in [2.05, 4.69) is 15.5 Å². The van der Waals surface area contributed by atoms with Crippen LogP contribution in [-0.2, 0) is 4.79 Å². The van der Waals surface area contributed by atoms with Gasteiger partial charge in [0.1, 0.15) is 0 Å². The normalized spacial score (nSPS) is 10.8. The Labute approximate surface area is 171 Å². The first-order valence-corrected chi connectivity index (χ1v) is 9.74. The molecule has 0 aliphatic rings. The number of aryl methyl sites for hydroxylation is 2. The van der Waals surface area contributed by atoms with E-state index < -0.39 is 0 Å². The van der Waals surface area contributed by atoms with Gasteiger partial charge in [0.05, 0.1) is 10.8 Å². The minimum Gasteiger partial charge on any atom is -0.335 e. The Balaban J connectivity index is 1.69. The summed E-state index contributed by atoms with van der Waals surface area (Å²) >= 11 is 13.4. The predicted octanol–water partition coefficient (Wildman–Crippen LogP) is 4.31. The van der Waals surface area contributed by atoms with Gasteiger partial charge in [0.15, 0.2) is 5.82 Å². The molecule has 1 heterocycles. The second kappa shape index (κ2) is 8.21. The zero-order valence-corrected chi connectivity index (χ0v) is 17.0. The number of nitrogens with two attached hydrogens (primary N) is 1. The quantitative estimate of drug-likeness (QED) is 0.473. The van der Waals surface area contributed by atoms with Gasteiger partial charge in [-0.15, -0.1) is 10.2 Å². The van der Waals surface area contributed by atoms with Crippen molar-refractivity contribution in [2.24, 2.45) is 0 Å². The van der Waals surface area contributed by atoms with Gasteiger partial charge in [0.2, 0.25) is 11.1 Å². The maximum Gasteiger partial charge on any atom is 0.234 e. The van der Waals surface area contributed by atoms with Crippen LogP contribution in [-0.4, -0.2) is 26.5 Å². The number of nitrogens with zero attached hydrogens (tertiary/aromatic N) is 3. The molecule has 0 spiro atoms. The van der Waals surface area contributed by atoms with Crippen LogP contribution >= 0.6 is 35.0 Å². The molecule has 0 unspecified atom stereocenters. The summed E-state index contributed by atoms with van der Waals surface area (Å²) in [6.07, 6.45) is 0. The molecule has 3 rings (SSSR count). The van der Waals surface area contributed by atoms with E-state index in [0.717, 1.165) is 16.8 Å². The molecule has 140 valence electrons. The van der Waals surface area contributed by atoms with Gasteiger partial charge in [-0.05, 0) is 55.3 Å². The third-order valence-electron chi connectivity index (χ3n) is 3.67. The molecule has 0 saturated carbocycles. The molecule has 0 fully saturated rings. The highest BCUT2D eigenvalue weighted by Crippen LogP contribution is 2.30. The van der Waals surface area contributed by atoms with Crippen molar-refractivity contribution in [3.8, 4) is 11.4 Å². The summed E-state index contributed by atoms with van der Waals surface area (Å²) in [7, 11) is 0. The van der Waals surface area contributed by atoms with Crippen LogP contribution in [0, 0.1) is 13.8 Å². The minimum atomic E-state index is -0.157. The van der Waals surface area contributed by atoms with Crippen molar-refractivity contribution in [3.05, 3.63) is 57.6 Å². The van der Waals surface area contributed by atoms with Crippen LogP contribution in [0.15, 0.2) is 41.6 Å². The first-order valence-electron chi connectivity index (χ1n) is 8.00.